The predicted molar refractivity (Wildman–Crippen MR) is 108 cm³/mol. The zero-order valence-corrected chi connectivity index (χ0v) is 18.2. The van der Waals surface area contributed by atoms with E-state index in [9.17, 15) is 26.7 Å². The lowest BCUT2D eigenvalue weighted by atomic mass is 10.0. The Bertz CT molecular complexity index is 1030. The lowest BCUT2D eigenvalue weighted by Crippen LogP contribution is -2.35. The summed E-state index contributed by atoms with van der Waals surface area (Å²) in [4.78, 5) is 15.0. The van der Waals surface area contributed by atoms with Crippen molar-refractivity contribution in [2.24, 2.45) is 7.05 Å². The molecule has 0 bridgehead atoms. The largest absolute Gasteiger partial charge is 0.484 e. The lowest BCUT2D eigenvalue weighted by molar-refractivity contribution is -0.119. The number of amides is 1. The van der Waals surface area contributed by atoms with Gasteiger partial charge in [-0.2, -0.15) is 4.98 Å². The zero-order valence-electron chi connectivity index (χ0n) is 18.2. The third kappa shape index (κ3) is 5.92. The number of aryl methyl sites for hydroxylation is 1. The molecule has 2 aromatic rings. The van der Waals surface area contributed by atoms with Crippen molar-refractivity contribution in [3.63, 3.8) is 0 Å². The van der Waals surface area contributed by atoms with Crippen molar-refractivity contribution in [2.75, 3.05) is 13.2 Å². The first-order chi connectivity index (χ1) is 15.6. The van der Waals surface area contributed by atoms with Crippen LogP contribution in [0.4, 0.5) is 22.0 Å². The van der Waals surface area contributed by atoms with Gasteiger partial charge < -0.3 is 19.5 Å². The van der Waals surface area contributed by atoms with Gasteiger partial charge in [0.15, 0.2) is 17.4 Å². The molecule has 1 fully saturated rings. The maximum absolute atomic E-state index is 14.7. The average molecular weight is 477 g/mol. The number of rotatable bonds is 8. The van der Waals surface area contributed by atoms with Crippen LogP contribution >= 0.6 is 0 Å². The molecule has 0 aliphatic carbocycles. The maximum Gasteiger partial charge on any atom is 0.297 e. The highest BCUT2D eigenvalue weighted by Crippen LogP contribution is 2.33. The molecule has 0 spiro atoms. The van der Waals surface area contributed by atoms with Crippen LogP contribution in [0.1, 0.15) is 26.7 Å². The number of fused-ring (bicyclic) bond motifs is 1. The molecule has 2 heterocycles. The standard InChI is InChI=1S/C21H24F5N3O4/c1-10(27-11(2)30)6-13(22)15-5-4-12(8-31-15)33-21-28-19-14(23)7-16(32-9-17(24)25)18(26)20(19)29(21)3/h6-7,10,12,15,17H,4-5,8-9H2,1-3H3,(H,27,30)/b13-6-/t10-,12+,15-/m0/s1. The predicted octanol–water partition coefficient (Wildman–Crippen LogP) is 3.80. The van der Waals surface area contributed by atoms with Crippen molar-refractivity contribution in [3.8, 4) is 11.8 Å². The molecule has 7 nitrogen and oxygen atoms in total. The van der Waals surface area contributed by atoms with Gasteiger partial charge in [-0.15, -0.1) is 0 Å². The van der Waals surface area contributed by atoms with Gasteiger partial charge in [-0.25, -0.2) is 22.0 Å². The Morgan fingerprint density at radius 1 is 1.39 bits per heavy atom. The van der Waals surface area contributed by atoms with Crippen LogP contribution in [0.15, 0.2) is 18.0 Å². The Balaban J connectivity index is 1.69. The molecule has 12 heteroatoms. The minimum Gasteiger partial charge on any atom is -0.484 e. The van der Waals surface area contributed by atoms with Crippen molar-refractivity contribution in [1.29, 1.82) is 0 Å². The van der Waals surface area contributed by atoms with Gasteiger partial charge >= 0.3 is 0 Å². The summed E-state index contributed by atoms with van der Waals surface area (Å²) in [5, 5.41) is 2.55. The monoisotopic (exact) mass is 477 g/mol. The van der Waals surface area contributed by atoms with Crippen LogP contribution in [-0.4, -0.2) is 53.3 Å². The normalized spacial score (nSPS) is 20.2. The van der Waals surface area contributed by atoms with Crippen LogP contribution in [0.2, 0.25) is 0 Å². The number of carbonyl (C=O) groups excluding carboxylic acids is 1. The maximum atomic E-state index is 14.7. The van der Waals surface area contributed by atoms with Crippen molar-refractivity contribution in [2.45, 2.75) is 51.4 Å². The van der Waals surface area contributed by atoms with Gasteiger partial charge in [0.2, 0.25) is 5.91 Å². The smallest absolute Gasteiger partial charge is 0.297 e. The van der Waals surface area contributed by atoms with E-state index in [0.717, 1.165) is 4.57 Å². The first-order valence-electron chi connectivity index (χ1n) is 10.2. The van der Waals surface area contributed by atoms with E-state index in [2.05, 4.69) is 15.0 Å². The number of nitrogens with zero attached hydrogens (tertiary/aromatic N) is 2. The molecule has 1 amide bonds. The number of ether oxygens (including phenoxy) is 3. The van der Waals surface area contributed by atoms with E-state index in [1.807, 2.05) is 0 Å². The highest BCUT2D eigenvalue weighted by molar-refractivity contribution is 5.80. The molecular formula is C21H24F5N3O4. The Hall–Kier alpha value is -2.89. The number of aromatic nitrogens is 2. The highest BCUT2D eigenvalue weighted by atomic mass is 19.3. The van der Waals surface area contributed by atoms with Gasteiger partial charge in [0.1, 0.15) is 35.7 Å². The lowest BCUT2D eigenvalue weighted by Gasteiger charge is -2.28. The Kier molecular flexibility index (Phi) is 7.77. The fourth-order valence-electron chi connectivity index (χ4n) is 3.52. The summed E-state index contributed by atoms with van der Waals surface area (Å²) in [6, 6.07) is 0.0398. The summed E-state index contributed by atoms with van der Waals surface area (Å²) in [5.41, 5.74) is -0.644. The topological polar surface area (TPSA) is 74.6 Å². The van der Waals surface area contributed by atoms with Gasteiger partial charge in [0.25, 0.3) is 12.4 Å². The molecule has 3 atom stereocenters. The van der Waals surface area contributed by atoms with E-state index in [4.69, 9.17) is 9.47 Å². The molecule has 0 radical (unpaired) electrons. The van der Waals surface area contributed by atoms with Crippen molar-refractivity contribution < 1.29 is 41.0 Å². The van der Waals surface area contributed by atoms with Crippen LogP contribution in [0.25, 0.3) is 11.0 Å². The molecule has 1 aromatic carbocycles. The fraction of sp³-hybridized carbons (Fsp3) is 0.524. The molecule has 1 aliphatic rings. The van der Waals surface area contributed by atoms with Gasteiger partial charge in [-0.05, 0) is 25.8 Å². The number of hydrogen-bond donors (Lipinski definition) is 1. The van der Waals surface area contributed by atoms with Crippen molar-refractivity contribution in [3.05, 3.63) is 29.6 Å². The number of alkyl halides is 2. The number of carbonyl (C=O) groups is 1. The molecule has 3 rings (SSSR count). The minimum atomic E-state index is -2.85. The number of hydrogen-bond acceptors (Lipinski definition) is 5. The SMILES string of the molecule is CC(=O)N[C@@H](C)/C=C(\F)[C@@H]1CC[C@@H](Oc2nc3c(F)cc(OCC(F)F)c(F)c3n2C)CO1. The van der Waals surface area contributed by atoms with Gasteiger partial charge in [0.05, 0.1) is 6.61 Å². The van der Waals surface area contributed by atoms with Crippen LogP contribution in [-0.2, 0) is 16.6 Å². The molecule has 33 heavy (non-hydrogen) atoms. The molecule has 0 saturated carbocycles. The molecule has 182 valence electrons. The Morgan fingerprint density at radius 2 is 2.12 bits per heavy atom. The minimum absolute atomic E-state index is 0.00262. The van der Waals surface area contributed by atoms with E-state index < -0.39 is 54.5 Å². The molecule has 1 saturated heterocycles. The third-order valence-electron chi connectivity index (χ3n) is 4.98. The number of nitrogens with one attached hydrogen (secondary N) is 1. The summed E-state index contributed by atoms with van der Waals surface area (Å²) >= 11 is 0. The first-order valence-corrected chi connectivity index (χ1v) is 10.2. The average Bonchev–Trinajstić information content (AvgIpc) is 3.06. The summed E-state index contributed by atoms with van der Waals surface area (Å²) < 4.78 is 85.2. The van der Waals surface area contributed by atoms with E-state index >= 15 is 0 Å². The van der Waals surface area contributed by atoms with E-state index in [0.29, 0.717) is 12.5 Å². The van der Waals surface area contributed by atoms with Crippen LogP contribution in [0, 0.1) is 11.6 Å². The Labute approximate surface area is 186 Å². The molecule has 0 unspecified atom stereocenters. The molecule has 1 aromatic heterocycles. The van der Waals surface area contributed by atoms with Crippen LogP contribution in [0.5, 0.6) is 11.8 Å². The highest BCUT2D eigenvalue weighted by Gasteiger charge is 2.29. The van der Waals surface area contributed by atoms with E-state index in [1.54, 1.807) is 6.92 Å². The Morgan fingerprint density at radius 3 is 2.73 bits per heavy atom. The second-order valence-electron chi connectivity index (χ2n) is 7.70. The quantitative estimate of drug-likeness (QED) is 0.586. The van der Waals surface area contributed by atoms with E-state index in [1.165, 1.54) is 20.0 Å². The summed E-state index contributed by atoms with van der Waals surface area (Å²) in [6.07, 6.45) is -2.30. The van der Waals surface area contributed by atoms with Crippen molar-refractivity contribution in [1.82, 2.24) is 14.9 Å². The fourth-order valence-corrected chi connectivity index (χ4v) is 3.52. The van der Waals surface area contributed by atoms with Gasteiger partial charge in [-0.1, -0.05) is 0 Å². The van der Waals surface area contributed by atoms with Crippen LogP contribution in [0.3, 0.4) is 0 Å². The van der Waals surface area contributed by atoms with E-state index in [-0.39, 0.29) is 36.0 Å². The summed E-state index contributed by atoms with van der Waals surface area (Å²) in [7, 11) is 1.38. The number of imidazole rings is 1. The number of halogens is 5. The third-order valence-corrected chi connectivity index (χ3v) is 4.98. The van der Waals surface area contributed by atoms with Gasteiger partial charge in [0, 0.05) is 26.1 Å². The molecular weight excluding hydrogens is 453 g/mol. The second kappa shape index (κ2) is 10.4. The van der Waals surface area contributed by atoms with Crippen molar-refractivity contribution >= 4 is 16.9 Å². The first kappa shape index (κ1) is 24.7. The molecule has 1 aliphatic heterocycles. The summed E-state index contributed by atoms with van der Waals surface area (Å²) in [6.45, 7) is 1.87. The van der Waals surface area contributed by atoms with Crippen LogP contribution < -0.4 is 14.8 Å². The second-order valence-corrected chi connectivity index (χ2v) is 7.70. The zero-order chi connectivity index (χ0) is 24.3. The summed E-state index contributed by atoms with van der Waals surface area (Å²) in [5.74, 6) is -3.46. The number of benzene rings is 1. The van der Waals surface area contributed by atoms with Gasteiger partial charge in [-0.3, -0.25) is 9.36 Å². The molecule has 1 N–H and O–H groups in total.